The molecule has 4 aliphatic rings. The van der Waals surface area contributed by atoms with Crippen LogP contribution in [0.5, 0.6) is 0 Å². The SMILES string of the molecule is CCCO[C@@H]1O[C@@H](C)[C@H](O)[C@@H](O[C@@H]2O[C@@H](C)[C@H](O)[C@@H](O)[C@H]2O[C@@H]2O[C@@H](C)[C@H](O)[C@@H](O[C@H]3O[C@H](CO)[C@@H](O)[C@H](O)[C@H]3O)[C@H]2O)[C@H]1O. The van der Waals surface area contributed by atoms with Gasteiger partial charge in [-0.2, -0.15) is 0 Å². The van der Waals surface area contributed by atoms with Crippen molar-refractivity contribution < 1.29 is 89.0 Å². The molecule has 4 saturated heterocycles. The molecule has 4 rings (SSSR count). The second-order valence-corrected chi connectivity index (χ2v) is 11.9. The Labute approximate surface area is 259 Å². The lowest BCUT2D eigenvalue weighted by molar-refractivity contribution is -0.393. The third-order valence-electron chi connectivity index (χ3n) is 8.56. The van der Waals surface area contributed by atoms with Gasteiger partial charge in [-0.3, -0.25) is 0 Å². The van der Waals surface area contributed by atoms with Crippen LogP contribution in [0.1, 0.15) is 34.1 Å². The summed E-state index contributed by atoms with van der Waals surface area (Å²) in [6.45, 7) is 5.76. The molecule has 264 valence electrons. The summed E-state index contributed by atoms with van der Waals surface area (Å²) in [5.41, 5.74) is 0. The second-order valence-electron chi connectivity index (χ2n) is 11.9. The van der Waals surface area contributed by atoms with Crippen LogP contribution in [0.2, 0.25) is 0 Å². The van der Waals surface area contributed by atoms with Gasteiger partial charge in [0.05, 0.1) is 24.9 Å². The van der Waals surface area contributed by atoms with Crippen LogP contribution in [-0.2, 0) is 37.9 Å². The maximum Gasteiger partial charge on any atom is 0.187 e. The van der Waals surface area contributed by atoms with Crippen molar-refractivity contribution in [3.05, 3.63) is 0 Å². The Morgan fingerprint density at radius 1 is 0.467 bits per heavy atom. The first-order chi connectivity index (χ1) is 21.2. The number of hydrogen-bond acceptors (Lipinski definition) is 18. The predicted molar refractivity (Wildman–Crippen MR) is 144 cm³/mol. The molecule has 0 aliphatic carbocycles. The molecule has 18 nitrogen and oxygen atoms in total. The minimum atomic E-state index is -1.86. The van der Waals surface area contributed by atoms with E-state index in [1.807, 2.05) is 6.92 Å². The molecule has 0 aromatic heterocycles. The summed E-state index contributed by atoms with van der Waals surface area (Å²) in [7, 11) is 0. The fourth-order valence-electron chi connectivity index (χ4n) is 5.70. The summed E-state index contributed by atoms with van der Waals surface area (Å²) in [5.74, 6) is 0. The third-order valence-corrected chi connectivity index (χ3v) is 8.56. The van der Waals surface area contributed by atoms with Gasteiger partial charge in [0.2, 0.25) is 0 Å². The van der Waals surface area contributed by atoms with E-state index in [0.717, 1.165) is 0 Å². The van der Waals surface area contributed by atoms with Crippen molar-refractivity contribution in [1.29, 1.82) is 0 Å². The topological polar surface area (TPSA) is 276 Å². The summed E-state index contributed by atoms with van der Waals surface area (Å²) >= 11 is 0. The number of aliphatic hydroxyl groups is 10. The molecule has 45 heavy (non-hydrogen) atoms. The van der Waals surface area contributed by atoms with Crippen LogP contribution in [0.4, 0.5) is 0 Å². The molecule has 0 radical (unpaired) electrons. The van der Waals surface area contributed by atoms with Gasteiger partial charge in [0.25, 0.3) is 0 Å². The van der Waals surface area contributed by atoms with Crippen molar-refractivity contribution in [2.75, 3.05) is 13.2 Å². The van der Waals surface area contributed by atoms with Crippen LogP contribution in [0.25, 0.3) is 0 Å². The van der Waals surface area contributed by atoms with E-state index in [1.54, 1.807) is 6.92 Å². The van der Waals surface area contributed by atoms with Crippen LogP contribution in [0.15, 0.2) is 0 Å². The maximum atomic E-state index is 11.2. The first kappa shape index (κ1) is 37.1. The number of aliphatic hydroxyl groups excluding tert-OH is 10. The minimum absolute atomic E-state index is 0.248. The Kier molecular flexibility index (Phi) is 12.9. The smallest absolute Gasteiger partial charge is 0.187 e. The Balaban J connectivity index is 1.53. The zero-order chi connectivity index (χ0) is 33.3. The Bertz CT molecular complexity index is 915. The molecule has 0 aromatic rings. The van der Waals surface area contributed by atoms with E-state index < -0.39 is 129 Å². The first-order valence-electron chi connectivity index (χ1n) is 15.1. The second kappa shape index (κ2) is 15.7. The van der Waals surface area contributed by atoms with Gasteiger partial charge in [-0.1, -0.05) is 6.92 Å². The average molecular weight is 661 g/mol. The van der Waals surface area contributed by atoms with Crippen molar-refractivity contribution in [2.45, 2.75) is 157 Å². The van der Waals surface area contributed by atoms with Gasteiger partial charge in [-0.15, -0.1) is 0 Å². The Morgan fingerprint density at radius 2 is 0.933 bits per heavy atom. The summed E-state index contributed by atoms with van der Waals surface area (Å²) in [6.07, 6.45) is -29.2. The Hall–Kier alpha value is -0.720. The first-order valence-corrected chi connectivity index (χ1v) is 15.1. The molecule has 0 aromatic carbocycles. The lowest BCUT2D eigenvalue weighted by Gasteiger charge is -2.49. The zero-order valence-corrected chi connectivity index (χ0v) is 25.4. The van der Waals surface area contributed by atoms with Gasteiger partial charge in [0.1, 0.15) is 79.4 Å². The zero-order valence-electron chi connectivity index (χ0n) is 25.4. The van der Waals surface area contributed by atoms with Crippen LogP contribution in [0.3, 0.4) is 0 Å². The van der Waals surface area contributed by atoms with Gasteiger partial charge in [0.15, 0.2) is 25.2 Å². The monoisotopic (exact) mass is 660 g/mol. The van der Waals surface area contributed by atoms with E-state index in [1.165, 1.54) is 13.8 Å². The lowest BCUT2D eigenvalue weighted by atomic mass is 9.96. The van der Waals surface area contributed by atoms with Gasteiger partial charge in [-0.05, 0) is 27.2 Å². The fourth-order valence-corrected chi connectivity index (χ4v) is 5.70. The average Bonchev–Trinajstić information content (AvgIpc) is 3.01. The quantitative estimate of drug-likeness (QED) is 0.105. The largest absolute Gasteiger partial charge is 0.394 e. The number of ether oxygens (including phenoxy) is 8. The van der Waals surface area contributed by atoms with Crippen molar-refractivity contribution in [2.24, 2.45) is 0 Å². The van der Waals surface area contributed by atoms with E-state index in [9.17, 15) is 51.1 Å². The van der Waals surface area contributed by atoms with Crippen LogP contribution >= 0.6 is 0 Å². The molecular weight excluding hydrogens is 612 g/mol. The molecule has 18 heteroatoms. The van der Waals surface area contributed by atoms with Gasteiger partial charge < -0.3 is 89.0 Å². The van der Waals surface area contributed by atoms with E-state index >= 15 is 0 Å². The molecule has 4 aliphatic heterocycles. The van der Waals surface area contributed by atoms with Crippen LogP contribution in [0, 0.1) is 0 Å². The van der Waals surface area contributed by atoms with Crippen LogP contribution < -0.4 is 0 Å². The molecule has 4 fully saturated rings. The molecule has 0 bridgehead atoms. The van der Waals surface area contributed by atoms with Crippen molar-refractivity contribution in [1.82, 2.24) is 0 Å². The van der Waals surface area contributed by atoms with Crippen molar-refractivity contribution >= 4 is 0 Å². The molecule has 0 saturated carbocycles. The summed E-state index contributed by atoms with van der Waals surface area (Å²) in [4.78, 5) is 0. The lowest BCUT2D eigenvalue weighted by Crippen LogP contribution is -2.67. The maximum absolute atomic E-state index is 11.2. The number of rotatable bonds is 10. The van der Waals surface area contributed by atoms with E-state index in [-0.39, 0.29) is 6.61 Å². The highest BCUT2D eigenvalue weighted by molar-refractivity contribution is 4.96. The van der Waals surface area contributed by atoms with Gasteiger partial charge in [0, 0.05) is 6.61 Å². The van der Waals surface area contributed by atoms with Crippen LogP contribution in [-0.4, -0.2) is 187 Å². The molecular formula is C27H48O18. The molecule has 20 atom stereocenters. The van der Waals surface area contributed by atoms with E-state index in [0.29, 0.717) is 6.42 Å². The van der Waals surface area contributed by atoms with Crippen molar-refractivity contribution in [3.8, 4) is 0 Å². The van der Waals surface area contributed by atoms with Gasteiger partial charge in [-0.25, -0.2) is 0 Å². The number of hydrogen-bond donors (Lipinski definition) is 10. The molecule has 4 heterocycles. The standard InChI is InChI=1S/C27H48O18/c1-5-6-38-24-19(36)21(13(30)9(3)39-24)44-27-23(17(34)12(29)8(2)41-27)45-26-20(37)22(14(31)10(4)40-26)43-25-18(35)16(33)15(32)11(7-28)42-25/h8-37H,5-7H2,1-4H3/t8-,9-,10-,11+,12-,13-,14-,15+,16-,17+,18+,19+,20+,21+,22+,23+,24+,25+,26-,27-/m0/s1. The highest BCUT2D eigenvalue weighted by Gasteiger charge is 2.54. The fraction of sp³-hybridized carbons (Fsp3) is 1.00. The minimum Gasteiger partial charge on any atom is -0.394 e. The highest BCUT2D eigenvalue weighted by Crippen LogP contribution is 2.34. The molecule has 0 spiro atoms. The molecule has 0 unspecified atom stereocenters. The molecule has 0 amide bonds. The van der Waals surface area contributed by atoms with Gasteiger partial charge >= 0.3 is 0 Å². The normalized spacial score (nSPS) is 52.9. The van der Waals surface area contributed by atoms with E-state index in [4.69, 9.17) is 37.9 Å². The molecule has 10 N–H and O–H groups in total. The third kappa shape index (κ3) is 7.79. The Morgan fingerprint density at radius 3 is 1.51 bits per heavy atom. The summed E-state index contributed by atoms with van der Waals surface area (Å²) < 4.78 is 45.3. The van der Waals surface area contributed by atoms with Crippen molar-refractivity contribution in [3.63, 3.8) is 0 Å². The summed E-state index contributed by atoms with van der Waals surface area (Å²) in [5, 5.41) is 105. The summed E-state index contributed by atoms with van der Waals surface area (Å²) in [6, 6.07) is 0. The van der Waals surface area contributed by atoms with E-state index in [2.05, 4.69) is 0 Å². The predicted octanol–water partition coefficient (Wildman–Crippen LogP) is -5.23. The highest BCUT2D eigenvalue weighted by atomic mass is 16.8.